The molecule has 0 fully saturated rings. The molecule has 0 saturated heterocycles. The monoisotopic (exact) mass is 166 g/mol. The summed E-state index contributed by atoms with van der Waals surface area (Å²) < 4.78 is 0. The van der Waals surface area contributed by atoms with E-state index in [1.54, 1.807) is 0 Å². The van der Waals surface area contributed by atoms with Gasteiger partial charge in [-0.15, -0.1) is 0 Å². The van der Waals surface area contributed by atoms with Crippen molar-refractivity contribution in [3.8, 4) is 0 Å². The summed E-state index contributed by atoms with van der Waals surface area (Å²) in [6.45, 7) is 1.87. The number of aromatic nitrogens is 2. The smallest absolute Gasteiger partial charge is 0.228 e. The summed E-state index contributed by atoms with van der Waals surface area (Å²) >= 11 is 0. The van der Waals surface area contributed by atoms with E-state index in [4.69, 9.17) is 5.73 Å². The van der Waals surface area contributed by atoms with E-state index in [1.807, 2.05) is 6.92 Å². The Morgan fingerprint density at radius 1 is 1.67 bits per heavy atom. The van der Waals surface area contributed by atoms with Crippen molar-refractivity contribution < 1.29 is 4.79 Å². The van der Waals surface area contributed by atoms with Crippen molar-refractivity contribution in [1.82, 2.24) is 10.2 Å². The van der Waals surface area contributed by atoms with Gasteiger partial charge >= 0.3 is 0 Å². The predicted molar refractivity (Wildman–Crippen MR) is 44.5 cm³/mol. The molecule has 2 heterocycles. The minimum atomic E-state index is -0.0163. The van der Waals surface area contributed by atoms with Gasteiger partial charge < -0.3 is 11.1 Å². The van der Waals surface area contributed by atoms with Gasteiger partial charge in [0.1, 0.15) is 5.82 Å². The number of fused-ring (bicyclic) bond motifs is 1. The largest absolute Gasteiger partial charge is 0.384 e. The van der Waals surface area contributed by atoms with Crippen LogP contribution in [0.5, 0.6) is 0 Å². The number of aromatic amines is 1. The lowest BCUT2D eigenvalue weighted by atomic mass is 9.98. The topological polar surface area (TPSA) is 83.8 Å². The van der Waals surface area contributed by atoms with Crippen molar-refractivity contribution in [2.24, 2.45) is 5.92 Å². The van der Waals surface area contributed by atoms with Crippen LogP contribution in [0, 0.1) is 5.92 Å². The van der Waals surface area contributed by atoms with E-state index in [2.05, 4.69) is 15.5 Å². The first-order chi connectivity index (χ1) is 5.68. The van der Waals surface area contributed by atoms with E-state index in [9.17, 15) is 4.79 Å². The van der Waals surface area contributed by atoms with Crippen molar-refractivity contribution in [1.29, 1.82) is 0 Å². The van der Waals surface area contributed by atoms with Gasteiger partial charge in [-0.1, -0.05) is 6.92 Å². The zero-order valence-corrected chi connectivity index (χ0v) is 6.72. The number of nitrogens with zero attached hydrogens (tertiary/aromatic N) is 1. The van der Waals surface area contributed by atoms with E-state index in [0.717, 1.165) is 5.56 Å². The highest BCUT2D eigenvalue weighted by Gasteiger charge is 2.25. The number of amides is 1. The van der Waals surface area contributed by atoms with E-state index in [1.165, 1.54) is 0 Å². The van der Waals surface area contributed by atoms with Gasteiger partial charge in [-0.3, -0.25) is 9.89 Å². The Labute approximate surface area is 69.3 Å². The van der Waals surface area contributed by atoms with E-state index in [-0.39, 0.29) is 11.8 Å². The normalized spacial score (nSPS) is 21.8. The Bertz CT molecular complexity index is 330. The molecule has 2 rings (SSSR count). The number of nitrogens with one attached hydrogen (secondary N) is 2. The number of carbonyl (C=O) groups is 1. The number of rotatable bonds is 0. The van der Waals surface area contributed by atoms with Gasteiger partial charge in [0.05, 0.1) is 0 Å². The second kappa shape index (κ2) is 2.23. The van der Waals surface area contributed by atoms with Crippen molar-refractivity contribution in [3.63, 3.8) is 0 Å². The zero-order valence-electron chi connectivity index (χ0n) is 6.72. The molecule has 0 spiro atoms. The van der Waals surface area contributed by atoms with Gasteiger partial charge in [0.25, 0.3) is 0 Å². The van der Waals surface area contributed by atoms with E-state index < -0.39 is 0 Å². The number of hydrogen-bond donors (Lipinski definition) is 3. The molecule has 64 valence electrons. The summed E-state index contributed by atoms with van der Waals surface area (Å²) in [5.74, 6) is 1.12. The van der Waals surface area contributed by atoms with Crippen LogP contribution in [0.15, 0.2) is 0 Å². The van der Waals surface area contributed by atoms with Gasteiger partial charge in [-0.2, -0.15) is 5.10 Å². The third-order valence-electron chi connectivity index (χ3n) is 2.10. The molecular weight excluding hydrogens is 156 g/mol. The van der Waals surface area contributed by atoms with Gasteiger partial charge in [-0.05, 0) is 6.42 Å². The number of nitrogens with two attached hydrogens (primary N) is 1. The molecule has 0 aliphatic carbocycles. The van der Waals surface area contributed by atoms with Crippen LogP contribution < -0.4 is 11.1 Å². The lowest BCUT2D eigenvalue weighted by molar-refractivity contribution is -0.119. The molecule has 12 heavy (non-hydrogen) atoms. The van der Waals surface area contributed by atoms with Crippen LogP contribution in [-0.2, 0) is 11.2 Å². The van der Waals surface area contributed by atoms with Crippen molar-refractivity contribution in [3.05, 3.63) is 5.56 Å². The number of anilines is 2. The second-order valence-corrected chi connectivity index (χ2v) is 3.06. The van der Waals surface area contributed by atoms with Crippen LogP contribution in [0.2, 0.25) is 0 Å². The predicted octanol–water partition coefficient (Wildman–Crippen LogP) is 0.123. The Balaban J connectivity index is 2.43. The molecule has 1 aliphatic heterocycles. The molecule has 1 aromatic rings. The standard InChI is InChI=1S/C7H10N4O/c1-3-2-4-5(8)10-11-6(4)9-7(3)12/h3H,2H2,1H3,(H4,8,9,10,11,12). The zero-order chi connectivity index (χ0) is 8.72. The molecule has 4 N–H and O–H groups in total. The fourth-order valence-electron chi connectivity index (χ4n) is 1.33. The van der Waals surface area contributed by atoms with Crippen LogP contribution in [-0.4, -0.2) is 16.1 Å². The first-order valence-corrected chi connectivity index (χ1v) is 3.82. The van der Waals surface area contributed by atoms with Gasteiger partial charge in [0.15, 0.2) is 5.82 Å². The highest BCUT2D eigenvalue weighted by atomic mass is 16.2. The molecule has 1 unspecified atom stereocenters. The molecule has 5 heteroatoms. The van der Waals surface area contributed by atoms with Crippen molar-refractivity contribution in [2.75, 3.05) is 11.1 Å². The number of hydrogen-bond acceptors (Lipinski definition) is 3. The van der Waals surface area contributed by atoms with Crippen LogP contribution in [0.3, 0.4) is 0 Å². The first kappa shape index (κ1) is 7.15. The van der Waals surface area contributed by atoms with Crippen LogP contribution in [0.4, 0.5) is 11.6 Å². The first-order valence-electron chi connectivity index (χ1n) is 3.82. The van der Waals surface area contributed by atoms with Gasteiger partial charge in [0, 0.05) is 11.5 Å². The quantitative estimate of drug-likeness (QED) is 0.512. The summed E-state index contributed by atoms with van der Waals surface area (Å²) in [6.07, 6.45) is 0.670. The number of nitrogen functional groups attached to an aromatic ring is 1. The summed E-state index contributed by atoms with van der Waals surface area (Å²) in [6, 6.07) is 0. The van der Waals surface area contributed by atoms with E-state index in [0.29, 0.717) is 18.1 Å². The second-order valence-electron chi connectivity index (χ2n) is 3.06. The number of H-pyrrole nitrogens is 1. The average Bonchev–Trinajstić information content (AvgIpc) is 2.35. The van der Waals surface area contributed by atoms with Crippen LogP contribution in [0.1, 0.15) is 12.5 Å². The molecule has 1 amide bonds. The highest BCUT2D eigenvalue weighted by Crippen LogP contribution is 2.26. The minimum Gasteiger partial charge on any atom is -0.384 e. The molecule has 5 nitrogen and oxygen atoms in total. The fourth-order valence-corrected chi connectivity index (χ4v) is 1.33. The maximum atomic E-state index is 11.2. The molecule has 0 saturated carbocycles. The Morgan fingerprint density at radius 3 is 3.17 bits per heavy atom. The van der Waals surface area contributed by atoms with Crippen LogP contribution >= 0.6 is 0 Å². The Morgan fingerprint density at radius 2 is 2.42 bits per heavy atom. The van der Waals surface area contributed by atoms with Gasteiger partial charge in [-0.25, -0.2) is 0 Å². The highest BCUT2D eigenvalue weighted by molar-refractivity contribution is 5.95. The summed E-state index contributed by atoms with van der Waals surface area (Å²) in [4.78, 5) is 11.2. The third-order valence-corrected chi connectivity index (χ3v) is 2.10. The molecule has 0 radical (unpaired) electrons. The maximum Gasteiger partial charge on any atom is 0.228 e. The summed E-state index contributed by atoms with van der Waals surface area (Å²) in [5, 5.41) is 9.16. The average molecular weight is 166 g/mol. The lowest BCUT2D eigenvalue weighted by Crippen LogP contribution is -2.27. The minimum absolute atomic E-state index is 0.00833. The van der Waals surface area contributed by atoms with Gasteiger partial charge in [0.2, 0.25) is 5.91 Å². The molecule has 1 atom stereocenters. The molecule has 0 aromatic carbocycles. The summed E-state index contributed by atoms with van der Waals surface area (Å²) in [5.41, 5.74) is 6.52. The molecule has 1 aliphatic rings. The number of carbonyl (C=O) groups excluding carboxylic acids is 1. The van der Waals surface area contributed by atoms with E-state index >= 15 is 0 Å². The van der Waals surface area contributed by atoms with Crippen LogP contribution in [0.25, 0.3) is 0 Å². The SMILES string of the molecule is CC1Cc2c(n[nH]c2N)NC1=O. The van der Waals surface area contributed by atoms with Crippen molar-refractivity contribution >= 4 is 17.5 Å². The fraction of sp³-hybridized carbons (Fsp3) is 0.429. The molecule has 1 aromatic heterocycles. The Hall–Kier alpha value is -1.52. The maximum absolute atomic E-state index is 11.2. The Kier molecular flexibility index (Phi) is 1.33. The third kappa shape index (κ3) is 0.861. The molecular formula is C7H10N4O. The summed E-state index contributed by atoms with van der Waals surface area (Å²) in [7, 11) is 0. The lowest BCUT2D eigenvalue weighted by Gasteiger charge is -2.17. The van der Waals surface area contributed by atoms with Crippen molar-refractivity contribution in [2.45, 2.75) is 13.3 Å². The molecule has 0 bridgehead atoms.